The van der Waals surface area contributed by atoms with Crippen molar-refractivity contribution in [1.29, 1.82) is 0 Å². The Kier molecular flexibility index (Phi) is 5.45. The summed E-state index contributed by atoms with van der Waals surface area (Å²) in [5.74, 6) is -1.31. The SMILES string of the molecule is CN(C)C(=O)c1ccc(NCC(=O)NCC(=O)O)nc1. The van der Waals surface area contributed by atoms with Gasteiger partial charge >= 0.3 is 5.97 Å². The number of hydrogen-bond donors (Lipinski definition) is 3. The quantitative estimate of drug-likeness (QED) is 0.641. The van der Waals surface area contributed by atoms with Gasteiger partial charge in [0.1, 0.15) is 12.4 Å². The number of anilines is 1. The lowest BCUT2D eigenvalue weighted by Gasteiger charge is -2.10. The Morgan fingerprint density at radius 2 is 1.95 bits per heavy atom. The molecule has 0 spiro atoms. The molecule has 0 atom stereocenters. The molecule has 20 heavy (non-hydrogen) atoms. The normalized spacial score (nSPS) is 9.70. The maximum atomic E-state index is 11.6. The number of hydrogen-bond acceptors (Lipinski definition) is 5. The van der Waals surface area contributed by atoms with Crippen molar-refractivity contribution < 1.29 is 19.5 Å². The molecule has 0 saturated carbocycles. The summed E-state index contributed by atoms with van der Waals surface area (Å²) in [5.41, 5.74) is 0.441. The average molecular weight is 280 g/mol. The highest BCUT2D eigenvalue weighted by Gasteiger charge is 2.08. The molecule has 8 nitrogen and oxygen atoms in total. The van der Waals surface area contributed by atoms with Gasteiger partial charge in [0, 0.05) is 20.3 Å². The molecule has 0 bridgehead atoms. The van der Waals surface area contributed by atoms with Gasteiger partial charge in [-0.15, -0.1) is 0 Å². The largest absolute Gasteiger partial charge is 0.480 e. The first-order chi connectivity index (χ1) is 9.40. The van der Waals surface area contributed by atoms with Gasteiger partial charge in [0.05, 0.1) is 12.1 Å². The Hall–Kier alpha value is -2.64. The van der Waals surface area contributed by atoms with Crippen LogP contribution in [-0.4, -0.2) is 60.0 Å². The molecule has 0 fully saturated rings. The van der Waals surface area contributed by atoms with Gasteiger partial charge in [-0.3, -0.25) is 14.4 Å². The van der Waals surface area contributed by atoms with E-state index in [4.69, 9.17) is 5.11 Å². The molecule has 0 aromatic carbocycles. The number of aliphatic carboxylic acids is 1. The fourth-order valence-corrected chi connectivity index (χ4v) is 1.29. The third-order valence-electron chi connectivity index (χ3n) is 2.28. The van der Waals surface area contributed by atoms with Crippen LogP contribution in [0.25, 0.3) is 0 Å². The molecule has 0 unspecified atom stereocenters. The summed E-state index contributed by atoms with van der Waals surface area (Å²) >= 11 is 0. The number of pyridine rings is 1. The molecule has 1 rings (SSSR count). The Balaban J connectivity index is 2.48. The zero-order chi connectivity index (χ0) is 15.1. The van der Waals surface area contributed by atoms with E-state index in [1.165, 1.54) is 11.1 Å². The molecule has 0 aliphatic heterocycles. The van der Waals surface area contributed by atoms with Crippen LogP contribution >= 0.6 is 0 Å². The van der Waals surface area contributed by atoms with Crippen molar-refractivity contribution in [2.75, 3.05) is 32.5 Å². The molecule has 8 heteroatoms. The van der Waals surface area contributed by atoms with Gasteiger partial charge in [-0.05, 0) is 12.1 Å². The predicted molar refractivity (Wildman–Crippen MR) is 71.4 cm³/mol. The first-order valence-electron chi connectivity index (χ1n) is 5.80. The van der Waals surface area contributed by atoms with E-state index in [0.717, 1.165) is 0 Å². The van der Waals surface area contributed by atoms with Crippen LogP contribution in [0.5, 0.6) is 0 Å². The number of amides is 2. The number of carbonyl (C=O) groups excluding carboxylic acids is 2. The molecule has 0 saturated heterocycles. The van der Waals surface area contributed by atoms with Gasteiger partial charge in [0.2, 0.25) is 5.91 Å². The Labute approximate surface area is 115 Å². The van der Waals surface area contributed by atoms with E-state index >= 15 is 0 Å². The van der Waals surface area contributed by atoms with Crippen LogP contribution in [0.3, 0.4) is 0 Å². The van der Waals surface area contributed by atoms with E-state index in [0.29, 0.717) is 11.4 Å². The van der Waals surface area contributed by atoms with Crippen LogP contribution in [-0.2, 0) is 9.59 Å². The van der Waals surface area contributed by atoms with Crippen molar-refractivity contribution in [3.63, 3.8) is 0 Å². The lowest BCUT2D eigenvalue weighted by molar-refractivity contribution is -0.137. The van der Waals surface area contributed by atoms with Gasteiger partial charge in [0.25, 0.3) is 5.91 Å². The summed E-state index contributed by atoms with van der Waals surface area (Å²) in [5, 5.41) is 13.3. The number of rotatable bonds is 6. The number of nitrogens with one attached hydrogen (secondary N) is 2. The van der Waals surface area contributed by atoms with Gasteiger partial charge in [0.15, 0.2) is 0 Å². The minimum Gasteiger partial charge on any atom is -0.480 e. The van der Waals surface area contributed by atoms with Crippen LogP contribution in [0.2, 0.25) is 0 Å². The topological polar surface area (TPSA) is 112 Å². The smallest absolute Gasteiger partial charge is 0.322 e. The third-order valence-corrected chi connectivity index (χ3v) is 2.28. The summed E-state index contributed by atoms with van der Waals surface area (Å²) in [4.78, 5) is 38.6. The van der Waals surface area contributed by atoms with Crippen molar-refractivity contribution in [2.24, 2.45) is 0 Å². The monoisotopic (exact) mass is 280 g/mol. The standard InChI is InChI=1S/C12H16N4O4/c1-16(2)12(20)8-3-4-9(13-5-8)14-6-10(17)15-7-11(18)19/h3-5H,6-7H2,1-2H3,(H,13,14)(H,15,17)(H,18,19). The van der Waals surface area contributed by atoms with Crippen molar-refractivity contribution >= 4 is 23.6 Å². The highest BCUT2D eigenvalue weighted by Crippen LogP contribution is 2.06. The maximum Gasteiger partial charge on any atom is 0.322 e. The van der Waals surface area contributed by atoms with E-state index < -0.39 is 18.4 Å². The van der Waals surface area contributed by atoms with E-state index in [1.807, 2.05) is 0 Å². The summed E-state index contributed by atoms with van der Waals surface area (Å²) in [6.45, 7) is -0.522. The van der Waals surface area contributed by atoms with Crippen LogP contribution in [0.4, 0.5) is 5.82 Å². The number of aromatic nitrogens is 1. The number of carboxylic acids is 1. The molecular formula is C12H16N4O4. The first-order valence-corrected chi connectivity index (χ1v) is 5.80. The summed E-state index contributed by atoms with van der Waals surface area (Å²) in [6.07, 6.45) is 1.40. The molecule has 0 aliphatic rings. The van der Waals surface area contributed by atoms with Gasteiger partial charge in [-0.2, -0.15) is 0 Å². The summed E-state index contributed by atoms with van der Waals surface area (Å²) in [7, 11) is 3.28. The van der Waals surface area contributed by atoms with E-state index in [1.54, 1.807) is 26.2 Å². The van der Waals surface area contributed by atoms with Gasteiger partial charge < -0.3 is 20.6 Å². The summed E-state index contributed by atoms with van der Waals surface area (Å²) < 4.78 is 0. The van der Waals surface area contributed by atoms with Crippen LogP contribution in [0.15, 0.2) is 18.3 Å². The highest BCUT2D eigenvalue weighted by molar-refractivity contribution is 5.93. The van der Waals surface area contributed by atoms with Gasteiger partial charge in [-0.1, -0.05) is 0 Å². The van der Waals surface area contributed by atoms with Gasteiger partial charge in [-0.25, -0.2) is 4.98 Å². The van der Waals surface area contributed by atoms with Crippen molar-refractivity contribution in [3.8, 4) is 0 Å². The van der Waals surface area contributed by atoms with E-state index in [-0.39, 0.29) is 12.5 Å². The van der Waals surface area contributed by atoms with Crippen LogP contribution in [0.1, 0.15) is 10.4 Å². The van der Waals surface area contributed by atoms with Crippen LogP contribution < -0.4 is 10.6 Å². The zero-order valence-electron chi connectivity index (χ0n) is 11.2. The predicted octanol–water partition coefficient (Wildman–Crippen LogP) is -0.604. The minimum atomic E-state index is -1.11. The highest BCUT2D eigenvalue weighted by atomic mass is 16.4. The molecule has 1 aromatic heterocycles. The lowest BCUT2D eigenvalue weighted by atomic mass is 10.2. The Bertz CT molecular complexity index is 499. The first kappa shape index (κ1) is 15.4. The summed E-state index contributed by atoms with van der Waals surface area (Å²) in [6, 6.07) is 3.16. The Morgan fingerprint density at radius 1 is 1.25 bits per heavy atom. The van der Waals surface area contributed by atoms with Crippen molar-refractivity contribution in [3.05, 3.63) is 23.9 Å². The number of carboxylic acid groups (broad SMARTS) is 1. The maximum absolute atomic E-state index is 11.6. The molecule has 1 aromatic rings. The number of nitrogens with zero attached hydrogens (tertiary/aromatic N) is 2. The third kappa shape index (κ3) is 4.92. The molecule has 0 radical (unpaired) electrons. The minimum absolute atomic E-state index is 0.0960. The van der Waals surface area contributed by atoms with E-state index in [9.17, 15) is 14.4 Å². The molecule has 3 N–H and O–H groups in total. The lowest BCUT2D eigenvalue weighted by Crippen LogP contribution is -2.34. The fraction of sp³-hybridized carbons (Fsp3) is 0.333. The number of carbonyl (C=O) groups is 3. The zero-order valence-corrected chi connectivity index (χ0v) is 11.2. The Morgan fingerprint density at radius 3 is 2.45 bits per heavy atom. The van der Waals surface area contributed by atoms with Crippen LogP contribution in [0, 0.1) is 0 Å². The van der Waals surface area contributed by atoms with E-state index in [2.05, 4.69) is 15.6 Å². The second-order valence-electron chi connectivity index (χ2n) is 4.16. The molecule has 2 amide bonds. The fourth-order valence-electron chi connectivity index (χ4n) is 1.29. The molecule has 108 valence electrons. The van der Waals surface area contributed by atoms with Crippen molar-refractivity contribution in [1.82, 2.24) is 15.2 Å². The molecule has 0 aliphatic carbocycles. The second-order valence-corrected chi connectivity index (χ2v) is 4.16. The second kappa shape index (κ2) is 7.07. The molecule has 1 heterocycles. The molecular weight excluding hydrogens is 264 g/mol. The van der Waals surface area contributed by atoms with Crippen molar-refractivity contribution in [2.45, 2.75) is 0 Å². The average Bonchev–Trinajstić information content (AvgIpc) is 2.42.